The Labute approximate surface area is 56.4 Å². The minimum absolute atomic E-state index is 0.356. The molecule has 0 spiro atoms. The van der Waals surface area contributed by atoms with Crippen LogP contribution >= 0.6 is 0 Å². The summed E-state index contributed by atoms with van der Waals surface area (Å²) in [7, 11) is 2.08. The Hall–Kier alpha value is -0.695. The molecule has 0 aromatic heterocycles. The van der Waals surface area contributed by atoms with Crippen molar-refractivity contribution >= 4 is 7.85 Å². The van der Waals surface area contributed by atoms with Crippen LogP contribution in [0.3, 0.4) is 0 Å². The quantitative estimate of drug-likeness (QED) is 0.349. The van der Waals surface area contributed by atoms with E-state index in [1.165, 1.54) is 5.47 Å². The smallest absolute Gasteiger partial charge is 0.136 e. The zero-order valence-corrected chi connectivity index (χ0v) is 5.83. The van der Waals surface area contributed by atoms with Crippen molar-refractivity contribution in [2.24, 2.45) is 5.84 Å². The van der Waals surface area contributed by atoms with E-state index in [0.717, 1.165) is 0 Å². The summed E-state index contributed by atoms with van der Waals surface area (Å²) in [5.74, 6) is 5.57. The van der Waals surface area contributed by atoms with Gasteiger partial charge in [-0.25, -0.2) is 5.84 Å². The summed E-state index contributed by atoms with van der Waals surface area (Å²) in [6, 6.07) is 0.356. The van der Waals surface area contributed by atoms with Crippen LogP contribution in [0.15, 0.2) is 23.8 Å². The van der Waals surface area contributed by atoms with E-state index < -0.39 is 0 Å². The van der Waals surface area contributed by atoms with Crippen LogP contribution in [0.25, 0.3) is 0 Å². The Morgan fingerprint density at radius 1 is 1.78 bits per heavy atom. The third-order valence-electron chi connectivity index (χ3n) is 1.72. The minimum Gasteiger partial charge on any atom is -0.312 e. The highest BCUT2D eigenvalue weighted by molar-refractivity contribution is 6.22. The molecule has 48 valence electrons. The lowest BCUT2D eigenvalue weighted by molar-refractivity contribution is 0.341. The van der Waals surface area contributed by atoms with Gasteiger partial charge in [0.2, 0.25) is 0 Å². The zero-order chi connectivity index (χ0) is 6.85. The first kappa shape index (κ1) is 6.43. The van der Waals surface area contributed by atoms with Gasteiger partial charge in [0.25, 0.3) is 0 Å². The Morgan fingerprint density at radius 2 is 2.44 bits per heavy atom. The first-order chi connectivity index (χ1) is 4.22. The van der Waals surface area contributed by atoms with Gasteiger partial charge in [-0.2, -0.15) is 0 Å². The molecule has 0 saturated carbocycles. The molecule has 0 aromatic carbocycles. The summed E-state index contributed by atoms with van der Waals surface area (Å²) in [5.41, 5.74) is 1.31. The monoisotopic (exact) mass is 122 g/mol. The van der Waals surface area contributed by atoms with Crippen molar-refractivity contribution in [2.45, 2.75) is 13.0 Å². The van der Waals surface area contributed by atoms with E-state index in [4.69, 9.17) is 5.84 Å². The lowest BCUT2D eigenvalue weighted by Crippen LogP contribution is -2.37. The van der Waals surface area contributed by atoms with Crippen LogP contribution < -0.4 is 5.84 Å². The molecule has 0 amide bonds. The van der Waals surface area contributed by atoms with Crippen molar-refractivity contribution in [1.29, 1.82) is 0 Å². The number of rotatable bonds is 0. The second-order valence-corrected chi connectivity index (χ2v) is 2.38. The fourth-order valence-electron chi connectivity index (χ4n) is 0.798. The SMILES string of the molecule is BC1=CC=CN(N)C1C. The highest BCUT2D eigenvalue weighted by Gasteiger charge is 2.08. The zero-order valence-electron chi connectivity index (χ0n) is 5.83. The van der Waals surface area contributed by atoms with Gasteiger partial charge in [-0.05, 0) is 13.0 Å². The van der Waals surface area contributed by atoms with Gasteiger partial charge in [-0.3, -0.25) is 0 Å². The molecular weight excluding hydrogens is 111 g/mol. The van der Waals surface area contributed by atoms with E-state index in [1.54, 1.807) is 5.01 Å². The number of hydrogen-bond donors (Lipinski definition) is 1. The Bertz CT molecular complexity index is 162. The van der Waals surface area contributed by atoms with Gasteiger partial charge in [-0.15, -0.1) is 0 Å². The normalized spacial score (nSPS) is 26.2. The van der Waals surface area contributed by atoms with Gasteiger partial charge in [-0.1, -0.05) is 11.5 Å². The Morgan fingerprint density at radius 3 is 2.89 bits per heavy atom. The molecule has 1 unspecified atom stereocenters. The molecule has 0 aromatic rings. The molecule has 2 N–H and O–H groups in total. The molecule has 1 heterocycles. The molecule has 2 nitrogen and oxygen atoms in total. The number of nitrogens with two attached hydrogens (primary N) is 1. The molecule has 9 heavy (non-hydrogen) atoms. The Kier molecular flexibility index (Phi) is 1.62. The number of hydrazine groups is 1. The summed E-state index contributed by atoms with van der Waals surface area (Å²) in [6.45, 7) is 2.08. The number of nitrogens with zero attached hydrogens (tertiary/aromatic N) is 1. The van der Waals surface area contributed by atoms with Crippen LogP contribution in [0.1, 0.15) is 6.92 Å². The van der Waals surface area contributed by atoms with Crippen LogP contribution in [-0.2, 0) is 0 Å². The lowest BCUT2D eigenvalue weighted by Gasteiger charge is -2.25. The molecule has 0 radical (unpaired) electrons. The molecule has 0 saturated heterocycles. The van der Waals surface area contributed by atoms with Gasteiger partial charge in [0.15, 0.2) is 0 Å². The topological polar surface area (TPSA) is 29.3 Å². The van der Waals surface area contributed by atoms with E-state index in [2.05, 4.69) is 20.8 Å². The Balaban J connectivity index is 2.73. The standard InChI is InChI=1S/C6H11BN2/c1-5-6(7)3-2-4-9(5)8/h2-5H,7-8H2,1H3. The highest BCUT2D eigenvalue weighted by Crippen LogP contribution is 2.08. The average molecular weight is 122 g/mol. The van der Waals surface area contributed by atoms with Crippen LogP contribution in [-0.4, -0.2) is 18.9 Å². The van der Waals surface area contributed by atoms with E-state index >= 15 is 0 Å². The molecular formula is C6H11BN2. The maximum atomic E-state index is 5.57. The van der Waals surface area contributed by atoms with Crippen LogP contribution in [0.4, 0.5) is 0 Å². The van der Waals surface area contributed by atoms with Crippen LogP contribution in [0.5, 0.6) is 0 Å². The lowest BCUT2D eigenvalue weighted by atomic mass is 9.87. The first-order valence-electron chi connectivity index (χ1n) is 3.10. The molecule has 0 aliphatic carbocycles. The first-order valence-corrected chi connectivity index (χ1v) is 3.10. The van der Waals surface area contributed by atoms with Crippen molar-refractivity contribution in [3.63, 3.8) is 0 Å². The number of allylic oxidation sites excluding steroid dienone is 2. The molecule has 1 atom stereocenters. The van der Waals surface area contributed by atoms with E-state index in [1.807, 2.05) is 12.3 Å². The van der Waals surface area contributed by atoms with Crippen molar-refractivity contribution < 1.29 is 0 Å². The van der Waals surface area contributed by atoms with Gasteiger partial charge in [0.1, 0.15) is 7.85 Å². The predicted octanol–water partition coefficient (Wildman–Crippen LogP) is -0.405. The van der Waals surface area contributed by atoms with Gasteiger partial charge >= 0.3 is 0 Å². The largest absolute Gasteiger partial charge is 0.312 e. The molecule has 0 bridgehead atoms. The highest BCUT2D eigenvalue weighted by atomic mass is 15.4. The number of hydrogen-bond acceptors (Lipinski definition) is 2. The molecule has 3 heteroatoms. The van der Waals surface area contributed by atoms with E-state index in [9.17, 15) is 0 Å². The molecule has 0 fully saturated rings. The molecule has 1 aliphatic rings. The summed E-state index contributed by atoms with van der Waals surface area (Å²) in [5, 5.41) is 1.70. The summed E-state index contributed by atoms with van der Waals surface area (Å²) >= 11 is 0. The molecule has 1 rings (SSSR count). The van der Waals surface area contributed by atoms with Crippen LogP contribution in [0, 0.1) is 0 Å². The fourth-order valence-corrected chi connectivity index (χ4v) is 0.798. The van der Waals surface area contributed by atoms with Crippen molar-refractivity contribution in [3.8, 4) is 0 Å². The fraction of sp³-hybridized carbons (Fsp3) is 0.333. The van der Waals surface area contributed by atoms with E-state index in [0.29, 0.717) is 6.04 Å². The predicted molar refractivity (Wildman–Crippen MR) is 41.3 cm³/mol. The summed E-state index contributed by atoms with van der Waals surface area (Å²) in [4.78, 5) is 0. The van der Waals surface area contributed by atoms with Crippen molar-refractivity contribution in [3.05, 3.63) is 23.8 Å². The third-order valence-corrected chi connectivity index (χ3v) is 1.72. The minimum atomic E-state index is 0.356. The maximum absolute atomic E-state index is 5.57. The average Bonchev–Trinajstić information content (AvgIpc) is 1.83. The van der Waals surface area contributed by atoms with Gasteiger partial charge < -0.3 is 5.01 Å². The second-order valence-electron chi connectivity index (χ2n) is 2.38. The van der Waals surface area contributed by atoms with Crippen molar-refractivity contribution in [1.82, 2.24) is 5.01 Å². The van der Waals surface area contributed by atoms with Crippen molar-refractivity contribution in [2.75, 3.05) is 0 Å². The summed E-state index contributed by atoms with van der Waals surface area (Å²) in [6.07, 6.45) is 5.90. The van der Waals surface area contributed by atoms with E-state index in [-0.39, 0.29) is 0 Å². The summed E-state index contributed by atoms with van der Waals surface area (Å²) < 4.78 is 0. The van der Waals surface area contributed by atoms with Gasteiger partial charge in [0.05, 0.1) is 6.04 Å². The van der Waals surface area contributed by atoms with Crippen LogP contribution in [0.2, 0.25) is 0 Å². The van der Waals surface area contributed by atoms with Gasteiger partial charge in [0, 0.05) is 6.20 Å². The molecule has 1 aliphatic heterocycles. The third kappa shape index (κ3) is 1.16. The maximum Gasteiger partial charge on any atom is 0.136 e. The second kappa shape index (κ2) is 2.27.